The summed E-state index contributed by atoms with van der Waals surface area (Å²) in [6, 6.07) is 11.3. The van der Waals surface area contributed by atoms with Crippen LogP contribution in [0.25, 0.3) is 0 Å². The van der Waals surface area contributed by atoms with E-state index in [4.69, 9.17) is 16.3 Å². The van der Waals surface area contributed by atoms with E-state index in [1.807, 2.05) is 19.1 Å². The van der Waals surface area contributed by atoms with Crippen LogP contribution in [-0.4, -0.2) is 23.9 Å². The van der Waals surface area contributed by atoms with E-state index < -0.39 is 4.92 Å². The first-order valence-electron chi connectivity index (χ1n) is 8.17. The van der Waals surface area contributed by atoms with E-state index in [1.165, 1.54) is 18.2 Å². The van der Waals surface area contributed by atoms with Crippen molar-refractivity contribution in [2.75, 3.05) is 13.1 Å². The van der Waals surface area contributed by atoms with Crippen LogP contribution in [0.2, 0.25) is 5.02 Å². The molecule has 8 heteroatoms. The molecule has 0 aliphatic carbocycles. The van der Waals surface area contributed by atoms with E-state index in [0.29, 0.717) is 18.8 Å². The average molecular weight is 378 g/mol. The van der Waals surface area contributed by atoms with Gasteiger partial charge in [-0.25, -0.2) is 0 Å². The lowest BCUT2D eigenvalue weighted by molar-refractivity contribution is -0.385. The maximum Gasteiger partial charge on any atom is 0.313 e. The van der Waals surface area contributed by atoms with Gasteiger partial charge in [-0.1, -0.05) is 30.7 Å². The van der Waals surface area contributed by atoms with E-state index in [0.717, 1.165) is 12.0 Å². The molecule has 0 spiro atoms. The molecule has 0 bridgehead atoms. The number of benzene rings is 2. The minimum Gasteiger partial charge on any atom is -0.450 e. The first-order chi connectivity index (χ1) is 12.5. The second-order valence-electron chi connectivity index (χ2n) is 5.57. The quantitative estimate of drug-likeness (QED) is 0.513. The number of hydrogen-bond donors (Lipinski definition) is 2. The number of ether oxygens (including phenoxy) is 1. The van der Waals surface area contributed by atoms with Gasteiger partial charge in [0.25, 0.3) is 0 Å². The molecule has 0 aromatic heterocycles. The molecule has 0 heterocycles. The number of nitro benzene ring substituents is 1. The molecule has 7 nitrogen and oxygen atoms in total. The van der Waals surface area contributed by atoms with E-state index in [-0.39, 0.29) is 28.9 Å². The zero-order chi connectivity index (χ0) is 18.9. The summed E-state index contributed by atoms with van der Waals surface area (Å²) < 4.78 is 5.58. The summed E-state index contributed by atoms with van der Waals surface area (Å²) in [5.74, 6) is 0.555. The lowest BCUT2D eigenvalue weighted by Gasteiger charge is -2.09. The molecule has 1 amide bonds. The number of amides is 1. The molecule has 2 N–H and O–H groups in total. The SMILES string of the molecule is CCCNC(=O)CNCc1ccc(Oc2ccc(Cl)cc2[N+](=O)[O-])cc1. The normalized spacial score (nSPS) is 10.4. The predicted octanol–water partition coefficient (Wildman–Crippen LogP) is 3.66. The third kappa shape index (κ3) is 6.02. The van der Waals surface area contributed by atoms with Crippen LogP contribution in [-0.2, 0) is 11.3 Å². The minimum atomic E-state index is -0.539. The third-order valence-electron chi connectivity index (χ3n) is 3.46. The number of carbonyl (C=O) groups excluding carboxylic acids is 1. The Balaban J connectivity index is 1.92. The van der Waals surface area contributed by atoms with Gasteiger partial charge in [-0.2, -0.15) is 0 Å². The van der Waals surface area contributed by atoms with Gasteiger partial charge in [0.1, 0.15) is 5.75 Å². The lowest BCUT2D eigenvalue weighted by Crippen LogP contribution is -2.33. The summed E-state index contributed by atoms with van der Waals surface area (Å²) in [4.78, 5) is 22.0. The molecule has 0 saturated heterocycles. The Morgan fingerprint density at radius 3 is 2.62 bits per heavy atom. The van der Waals surface area contributed by atoms with Gasteiger partial charge in [0.05, 0.1) is 11.5 Å². The fourth-order valence-electron chi connectivity index (χ4n) is 2.17. The molecule has 138 valence electrons. The molecule has 0 unspecified atom stereocenters. The fourth-order valence-corrected chi connectivity index (χ4v) is 2.34. The van der Waals surface area contributed by atoms with Crippen LogP contribution < -0.4 is 15.4 Å². The van der Waals surface area contributed by atoms with Crippen molar-refractivity contribution in [2.24, 2.45) is 0 Å². The molecular formula is C18H20ClN3O4. The monoisotopic (exact) mass is 377 g/mol. The Morgan fingerprint density at radius 2 is 1.96 bits per heavy atom. The molecule has 0 fully saturated rings. The largest absolute Gasteiger partial charge is 0.450 e. The molecule has 2 aromatic rings. The number of nitrogens with one attached hydrogen (secondary N) is 2. The maximum absolute atomic E-state index is 11.5. The molecule has 0 radical (unpaired) electrons. The number of hydrogen-bond acceptors (Lipinski definition) is 5. The second-order valence-corrected chi connectivity index (χ2v) is 6.01. The predicted molar refractivity (Wildman–Crippen MR) is 99.6 cm³/mol. The van der Waals surface area contributed by atoms with Crippen LogP contribution >= 0.6 is 11.6 Å². The first kappa shape index (κ1) is 19.7. The maximum atomic E-state index is 11.5. The van der Waals surface area contributed by atoms with Gasteiger partial charge in [-0.3, -0.25) is 14.9 Å². The highest BCUT2D eigenvalue weighted by atomic mass is 35.5. The summed E-state index contributed by atoms with van der Waals surface area (Å²) in [6.07, 6.45) is 0.902. The zero-order valence-corrected chi connectivity index (χ0v) is 15.1. The average Bonchev–Trinajstić information content (AvgIpc) is 2.62. The van der Waals surface area contributed by atoms with Crippen LogP contribution in [0.4, 0.5) is 5.69 Å². The van der Waals surface area contributed by atoms with E-state index >= 15 is 0 Å². The summed E-state index contributed by atoms with van der Waals surface area (Å²) in [7, 11) is 0. The second kappa shape index (κ2) is 9.74. The van der Waals surface area contributed by atoms with Crippen molar-refractivity contribution < 1.29 is 14.5 Å². The van der Waals surface area contributed by atoms with Crippen molar-refractivity contribution in [3.05, 3.63) is 63.2 Å². The van der Waals surface area contributed by atoms with Gasteiger partial charge in [0.15, 0.2) is 0 Å². The third-order valence-corrected chi connectivity index (χ3v) is 3.69. The number of nitrogens with zero attached hydrogens (tertiary/aromatic N) is 1. The van der Waals surface area contributed by atoms with Crippen molar-refractivity contribution in [3.63, 3.8) is 0 Å². The highest BCUT2D eigenvalue weighted by molar-refractivity contribution is 6.30. The summed E-state index contributed by atoms with van der Waals surface area (Å²) in [6.45, 7) is 3.44. The Hall–Kier alpha value is -2.64. The highest BCUT2D eigenvalue weighted by Gasteiger charge is 2.16. The van der Waals surface area contributed by atoms with Crippen molar-refractivity contribution in [2.45, 2.75) is 19.9 Å². The standard InChI is InChI=1S/C18H20ClN3O4/c1-2-9-21-18(23)12-20-11-13-3-6-15(7-4-13)26-17-8-5-14(19)10-16(17)22(24)25/h3-8,10,20H,2,9,11-12H2,1H3,(H,21,23). The molecule has 2 rings (SSSR count). The summed E-state index contributed by atoms with van der Waals surface area (Å²) in [5.41, 5.74) is 0.771. The van der Waals surface area contributed by atoms with Crippen molar-refractivity contribution in [1.29, 1.82) is 0 Å². The van der Waals surface area contributed by atoms with Gasteiger partial charge in [0, 0.05) is 24.2 Å². The first-order valence-corrected chi connectivity index (χ1v) is 8.55. The molecule has 0 aliphatic rings. The molecule has 2 aromatic carbocycles. The Labute approximate surface area is 156 Å². The van der Waals surface area contributed by atoms with Gasteiger partial charge < -0.3 is 15.4 Å². The Bertz CT molecular complexity index is 766. The molecular weight excluding hydrogens is 358 g/mol. The van der Waals surface area contributed by atoms with E-state index in [9.17, 15) is 14.9 Å². The topological polar surface area (TPSA) is 93.5 Å². The van der Waals surface area contributed by atoms with E-state index in [1.54, 1.807) is 12.1 Å². The number of rotatable bonds is 9. The van der Waals surface area contributed by atoms with Crippen molar-refractivity contribution in [3.8, 4) is 11.5 Å². The fraction of sp³-hybridized carbons (Fsp3) is 0.278. The molecule has 26 heavy (non-hydrogen) atoms. The van der Waals surface area contributed by atoms with Crippen molar-refractivity contribution in [1.82, 2.24) is 10.6 Å². The molecule has 0 saturated carbocycles. The van der Waals surface area contributed by atoms with Crippen LogP contribution in [0, 0.1) is 10.1 Å². The van der Waals surface area contributed by atoms with Gasteiger partial charge in [0.2, 0.25) is 11.7 Å². The van der Waals surface area contributed by atoms with Gasteiger partial charge in [-0.15, -0.1) is 0 Å². The van der Waals surface area contributed by atoms with Crippen LogP contribution in [0.15, 0.2) is 42.5 Å². The lowest BCUT2D eigenvalue weighted by atomic mass is 10.2. The van der Waals surface area contributed by atoms with Crippen LogP contribution in [0.3, 0.4) is 0 Å². The summed E-state index contributed by atoms with van der Waals surface area (Å²) >= 11 is 5.79. The van der Waals surface area contributed by atoms with Gasteiger partial charge in [-0.05, 0) is 36.2 Å². The molecule has 0 aliphatic heterocycles. The Morgan fingerprint density at radius 1 is 1.23 bits per heavy atom. The minimum absolute atomic E-state index is 0.0400. The highest BCUT2D eigenvalue weighted by Crippen LogP contribution is 2.33. The molecule has 0 atom stereocenters. The number of nitro groups is 1. The van der Waals surface area contributed by atoms with Gasteiger partial charge >= 0.3 is 5.69 Å². The van der Waals surface area contributed by atoms with E-state index in [2.05, 4.69) is 10.6 Å². The number of carbonyl (C=O) groups is 1. The van der Waals surface area contributed by atoms with Crippen LogP contribution in [0.5, 0.6) is 11.5 Å². The summed E-state index contributed by atoms with van der Waals surface area (Å²) in [5, 5.41) is 17.2. The smallest absolute Gasteiger partial charge is 0.313 e. The number of halogens is 1. The van der Waals surface area contributed by atoms with Crippen LogP contribution in [0.1, 0.15) is 18.9 Å². The zero-order valence-electron chi connectivity index (χ0n) is 14.3. The van der Waals surface area contributed by atoms with Crippen molar-refractivity contribution >= 4 is 23.2 Å². The Kier molecular flexibility index (Phi) is 7.37.